The van der Waals surface area contributed by atoms with Gasteiger partial charge in [0.05, 0.1) is 24.7 Å². The number of hydrogen-bond acceptors (Lipinski definition) is 9. The highest BCUT2D eigenvalue weighted by Gasteiger charge is 2.59. The Labute approximate surface area is 173 Å². The maximum Gasteiger partial charge on any atom is 0.341 e. The molecule has 0 amide bonds. The third kappa shape index (κ3) is 3.27. The average molecular weight is 420 g/mol. The third-order valence-electron chi connectivity index (χ3n) is 6.20. The van der Waals surface area contributed by atoms with Crippen LogP contribution in [-0.2, 0) is 38.1 Å². The molecule has 0 spiro atoms. The summed E-state index contributed by atoms with van der Waals surface area (Å²) in [6, 6.07) is 0. The van der Waals surface area contributed by atoms with Crippen LogP contribution in [0, 0.1) is 5.92 Å². The maximum atomic E-state index is 12.8. The van der Waals surface area contributed by atoms with E-state index in [1.807, 2.05) is 6.92 Å². The van der Waals surface area contributed by atoms with Gasteiger partial charge in [0.25, 0.3) is 0 Å². The second-order valence-electron chi connectivity index (χ2n) is 8.15. The standard InChI is InChI=1S/C21H24O9/c1-8-6-12-14(9(2)18(23)28-12)17(29-20(25)21(4)10(3)30-21)15(22)11(19(24)26-5)7-13-16(8)27-13/h6-7,10,12-17,22H,2H2,1,3-5H3/b8-6-,11-7+/t10-,12+,13+,14-,15-,16-,17-,21-/m0/s1. The van der Waals surface area contributed by atoms with Crippen LogP contribution < -0.4 is 0 Å². The van der Waals surface area contributed by atoms with Gasteiger partial charge in [0.1, 0.15) is 30.5 Å². The van der Waals surface area contributed by atoms with Crippen molar-refractivity contribution in [2.75, 3.05) is 7.11 Å². The van der Waals surface area contributed by atoms with Crippen molar-refractivity contribution >= 4 is 17.9 Å². The molecule has 0 radical (unpaired) electrons. The quantitative estimate of drug-likeness (QED) is 0.227. The Morgan fingerprint density at radius 3 is 2.53 bits per heavy atom. The number of carbonyl (C=O) groups is 3. The molecule has 3 aliphatic heterocycles. The van der Waals surface area contributed by atoms with Crippen LogP contribution in [0.15, 0.2) is 35.5 Å². The van der Waals surface area contributed by atoms with Crippen molar-refractivity contribution in [1.29, 1.82) is 0 Å². The lowest BCUT2D eigenvalue weighted by Gasteiger charge is -2.31. The van der Waals surface area contributed by atoms with Crippen molar-refractivity contribution in [3.8, 4) is 0 Å². The Morgan fingerprint density at radius 2 is 1.93 bits per heavy atom. The molecule has 9 nitrogen and oxygen atoms in total. The van der Waals surface area contributed by atoms with Crippen molar-refractivity contribution in [3.05, 3.63) is 35.5 Å². The molecule has 0 aromatic rings. The van der Waals surface area contributed by atoms with Gasteiger partial charge in [0.2, 0.25) is 0 Å². The van der Waals surface area contributed by atoms with Crippen molar-refractivity contribution < 1.29 is 43.2 Å². The molecular formula is C21H24O9. The molecule has 1 aliphatic carbocycles. The number of methoxy groups -OCH3 is 1. The predicted molar refractivity (Wildman–Crippen MR) is 99.9 cm³/mol. The van der Waals surface area contributed by atoms with E-state index in [0.29, 0.717) is 0 Å². The lowest BCUT2D eigenvalue weighted by molar-refractivity contribution is -0.165. The van der Waals surface area contributed by atoms with E-state index in [1.54, 1.807) is 19.9 Å². The maximum absolute atomic E-state index is 12.8. The third-order valence-corrected chi connectivity index (χ3v) is 6.20. The Morgan fingerprint density at radius 1 is 1.27 bits per heavy atom. The molecule has 0 aromatic carbocycles. The molecule has 3 heterocycles. The summed E-state index contributed by atoms with van der Waals surface area (Å²) in [4.78, 5) is 37.5. The minimum Gasteiger partial charge on any atom is -0.466 e. The fraction of sp³-hybridized carbons (Fsp3) is 0.571. The molecular weight excluding hydrogens is 396 g/mol. The largest absolute Gasteiger partial charge is 0.466 e. The second kappa shape index (κ2) is 7.04. The molecule has 4 rings (SSSR count). The molecule has 3 saturated heterocycles. The zero-order valence-electron chi connectivity index (χ0n) is 17.1. The average Bonchev–Trinajstić information content (AvgIpc) is 3.58. The fourth-order valence-electron chi connectivity index (χ4n) is 3.98. The van der Waals surface area contributed by atoms with Crippen molar-refractivity contribution in [2.45, 2.75) is 63.0 Å². The van der Waals surface area contributed by atoms with E-state index < -0.39 is 53.8 Å². The molecule has 3 fully saturated rings. The highest BCUT2D eigenvalue weighted by atomic mass is 16.7. The number of epoxide rings is 2. The van der Waals surface area contributed by atoms with E-state index in [1.165, 1.54) is 13.2 Å². The molecule has 8 atom stereocenters. The normalized spacial score (nSPS) is 45.6. The number of ether oxygens (including phenoxy) is 5. The SMILES string of the molecule is C=C1C(=O)O[C@@H]2/C=C(/C)[C@@H]3O[C@@H]3/C=C(/C(=O)OC)[C@H](O)[C@@H](OC(=O)[C@@]3(C)O[C@H]3C)[C@@H]12. The number of esters is 3. The van der Waals surface area contributed by atoms with Crippen LogP contribution in [0.2, 0.25) is 0 Å². The van der Waals surface area contributed by atoms with Crippen molar-refractivity contribution in [1.82, 2.24) is 0 Å². The van der Waals surface area contributed by atoms with Crippen LogP contribution in [0.4, 0.5) is 0 Å². The monoisotopic (exact) mass is 420 g/mol. The Hall–Kier alpha value is -2.49. The summed E-state index contributed by atoms with van der Waals surface area (Å²) in [6.45, 7) is 8.86. The van der Waals surface area contributed by atoms with Crippen LogP contribution in [0.3, 0.4) is 0 Å². The Bertz CT molecular complexity index is 887. The first-order valence-electron chi connectivity index (χ1n) is 9.69. The van der Waals surface area contributed by atoms with Gasteiger partial charge >= 0.3 is 17.9 Å². The molecule has 4 aliphatic rings. The molecule has 0 aromatic heterocycles. The topological polar surface area (TPSA) is 124 Å². The molecule has 0 unspecified atom stereocenters. The predicted octanol–water partition coefficient (Wildman–Crippen LogP) is 0.361. The summed E-state index contributed by atoms with van der Waals surface area (Å²) >= 11 is 0. The lowest BCUT2D eigenvalue weighted by Crippen LogP contribution is -2.46. The molecule has 9 heteroatoms. The number of hydrogen-bond donors (Lipinski definition) is 1. The van der Waals surface area contributed by atoms with Crippen LogP contribution in [0.5, 0.6) is 0 Å². The van der Waals surface area contributed by atoms with Gasteiger partial charge in [-0.2, -0.15) is 0 Å². The zero-order valence-corrected chi connectivity index (χ0v) is 17.1. The van der Waals surface area contributed by atoms with Gasteiger partial charge in [-0.1, -0.05) is 6.58 Å². The van der Waals surface area contributed by atoms with E-state index in [-0.39, 0.29) is 23.4 Å². The summed E-state index contributed by atoms with van der Waals surface area (Å²) in [5, 5.41) is 11.1. The van der Waals surface area contributed by atoms with Gasteiger partial charge in [-0.05, 0) is 38.5 Å². The first-order valence-corrected chi connectivity index (χ1v) is 9.69. The molecule has 30 heavy (non-hydrogen) atoms. The fourth-order valence-corrected chi connectivity index (χ4v) is 3.98. The highest BCUT2D eigenvalue weighted by Crippen LogP contribution is 2.42. The van der Waals surface area contributed by atoms with Gasteiger partial charge in [0, 0.05) is 5.57 Å². The van der Waals surface area contributed by atoms with E-state index in [0.717, 1.165) is 5.57 Å². The summed E-state index contributed by atoms with van der Waals surface area (Å²) in [6.07, 6.45) is -1.75. The highest BCUT2D eigenvalue weighted by molar-refractivity contribution is 5.93. The summed E-state index contributed by atoms with van der Waals surface area (Å²) in [5.41, 5.74) is -0.473. The zero-order chi connectivity index (χ0) is 22.0. The first kappa shape index (κ1) is 20.8. The van der Waals surface area contributed by atoms with Gasteiger partial charge in [0.15, 0.2) is 5.60 Å². The first-order chi connectivity index (χ1) is 14.1. The van der Waals surface area contributed by atoms with E-state index in [9.17, 15) is 19.5 Å². The molecule has 0 bridgehead atoms. The van der Waals surface area contributed by atoms with E-state index in [2.05, 4.69) is 6.58 Å². The van der Waals surface area contributed by atoms with Gasteiger partial charge in [-0.3, -0.25) is 0 Å². The number of aliphatic hydroxyl groups is 1. The number of rotatable bonds is 3. The van der Waals surface area contributed by atoms with Crippen molar-refractivity contribution in [3.63, 3.8) is 0 Å². The Kier molecular flexibility index (Phi) is 4.87. The number of carbonyl (C=O) groups excluding carboxylic acids is 3. The van der Waals surface area contributed by atoms with Crippen molar-refractivity contribution in [2.24, 2.45) is 5.92 Å². The molecule has 1 N–H and O–H groups in total. The molecule has 0 saturated carbocycles. The van der Waals surface area contributed by atoms with Gasteiger partial charge in [-0.15, -0.1) is 0 Å². The van der Waals surface area contributed by atoms with Gasteiger partial charge in [-0.25, -0.2) is 14.4 Å². The molecule has 162 valence electrons. The van der Waals surface area contributed by atoms with Crippen LogP contribution in [0.25, 0.3) is 0 Å². The second-order valence-corrected chi connectivity index (χ2v) is 8.15. The minimum atomic E-state index is -1.60. The van der Waals surface area contributed by atoms with E-state index >= 15 is 0 Å². The summed E-state index contributed by atoms with van der Waals surface area (Å²) in [5.74, 6) is -3.09. The van der Waals surface area contributed by atoms with Gasteiger partial charge < -0.3 is 28.8 Å². The van der Waals surface area contributed by atoms with Crippen LogP contribution in [0.1, 0.15) is 20.8 Å². The lowest BCUT2D eigenvalue weighted by atomic mass is 9.83. The van der Waals surface area contributed by atoms with Crippen LogP contribution >= 0.6 is 0 Å². The number of aliphatic hydroxyl groups excluding tert-OH is 1. The Balaban J connectivity index is 1.77. The smallest absolute Gasteiger partial charge is 0.341 e. The summed E-state index contributed by atoms with van der Waals surface area (Å²) < 4.78 is 26.8. The summed E-state index contributed by atoms with van der Waals surface area (Å²) in [7, 11) is 1.18. The number of fused-ring (bicyclic) bond motifs is 2. The van der Waals surface area contributed by atoms with E-state index in [4.69, 9.17) is 23.7 Å². The van der Waals surface area contributed by atoms with Crippen LogP contribution in [-0.4, -0.2) is 72.3 Å². The minimum absolute atomic E-state index is 0.0360.